The van der Waals surface area contributed by atoms with Crippen LogP contribution in [0.15, 0.2) is 18.2 Å². The summed E-state index contributed by atoms with van der Waals surface area (Å²) in [6.45, 7) is 8.99. The van der Waals surface area contributed by atoms with Gasteiger partial charge >= 0.3 is 89.3 Å². The molecule has 0 radical (unpaired) electrons. The molecule has 0 nitrogen and oxygen atoms in total. The topological polar surface area (TPSA) is 0 Å². The van der Waals surface area contributed by atoms with E-state index in [0.29, 0.717) is 11.8 Å². The number of hydrogen-bond donors (Lipinski definition) is 0. The van der Waals surface area contributed by atoms with E-state index < -0.39 is 0 Å². The summed E-state index contributed by atoms with van der Waals surface area (Å²) < 4.78 is 1.42. The molecule has 0 N–H and O–H groups in total. The van der Waals surface area contributed by atoms with E-state index in [1.807, 2.05) is 0 Å². The average Bonchev–Trinajstić information content (AvgIpc) is 2.03. The maximum atomic E-state index is 2.72. The minimum atomic E-state index is 0.622. The Labute approximate surface area is 89.6 Å². The van der Waals surface area contributed by atoms with Gasteiger partial charge < -0.3 is 0 Å². The van der Waals surface area contributed by atoms with Crippen molar-refractivity contribution in [1.82, 2.24) is 0 Å². The van der Waals surface area contributed by atoms with Gasteiger partial charge in [0.05, 0.1) is 0 Å². The summed E-state index contributed by atoms with van der Waals surface area (Å²) in [5.41, 5.74) is 2.93. The first kappa shape index (κ1) is 10.8. The molecule has 0 fully saturated rings. The molecule has 1 heteroatoms. The van der Waals surface area contributed by atoms with Crippen LogP contribution >= 0.6 is 0 Å². The molecule has 0 aliphatic heterocycles. The Morgan fingerprint density at radius 3 is 1.62 bits per heavy atom. The molecule has 0 heterocycles. The van der Waals surface area contributed by atoms with Crippen LogP contribution < -0.4 is 4.46 Å². The van der Waals surface area contributed by atoms with Gasteiger partial charge in [0, 0.05) is 0 Å². The fraction of sp³-hybridized carbons (Fsp3) is 0.500. The van der Waals surface area contributed by atoms with Crippen LogP contribution in [0, 0.1) is 0 Å². The average molecular weight is 241 g/mol. The molecule has 0 spiro atoms. The first-order chi connectivity index (χ1) is 6.04. The van der Waals surface area contributed by atoms with Crippen LogP contribution in [0.25, 0.3) is 0 Å². The first-order valence-corrected chi connectivity index (χ1v) is 5.79. The van der Waals surface area contributed by atoms with Gasteiger partial charge in [-0.15, -0.1) is 0 Å². The molecule has 0 atom stereocenters. The van der Waals surface area contributed by atoms with Crippen molar-refractivity contribution >= 4 is 20.5 Å². The number of hydrogen-bond acceptors (Lipinski definition) is 0. The van der Waals surface area contributed by atoms with Crippen molar-refractivity contribution in [3.05, 3.63) is 29.3 Å². The molecule has 1 aromatic rings. The van der Waals surface area contributed by atoms with Crippen molar-refractivity contribution in [1.29, 1.82) is 0 Å². The molecule has 1 rings (SSSR count). The summed E-state index contributed by atoms with van der Waals surface area (Å²) >= 11 is 2.72. The Kier molecular flexibility index (Phi) is 3.58. The van der Waals surface area contributed by atoms with E-state index in [-0.39, 0.29) is 0 Å². The number of benzene rings is 1. The van der Waals surface area contributed by atoms with Crippen molar-refractivity contribution < 1.29 is 0 Å². The zero-order valence-corrected chi connectivity index (χ0v) is 10.7. The molecule has 0 aliphatic carbocycles. The summed E-state index contributed by atoms with van der Waals surface area (Å²) in [6, 6.07) is 6.62. The molecule has 0 aromatic heterocycles. The normalized spacial score (nSPS) is 11.3. The van der Waals surface area contributed by atoms with Crippen LogP contribution in [0.1, 0.15) is 50.7 Å². The summed E-state index contributed by atoms with van der Waals surface area (Å²) in [6.07, 6.45) is 0. The van der Waals surface area contributed by atoms with E-state index >= 15 is 0 Å². The van der Waals surface area contributed by atoms with E-state index in [2.05, 4.69) is 61.9 Å². The molecule has 1 aromatic carbocycles. The first-order valence-electron chi connectivity index (χ1n) is 4.85. The predicted molar refractivity (Wildman–Crippen MR) is 61.4 cm³/mol. The predicted octanol–water partition coefficient (Wildman–Crippen LogP) is 2.46. The third-order valence-corrected chi connectivity index (χ3v) is 3.43. The van der Waals surface area contributed by atoms with Crippen LogP contribution in [0.3, 0.4) is 0 Å². The van der Waals surface area contributed by atoms with E-state index in [4.69, 9.17) is 0 Å². The zero-order chi connectivity index (χ0) is 10.0. The molecule has 72 valence electrons. The second-order valence-electron chi connectivity index (χ2n) is 4.09. The Hall–Kier alpha value is -0.261. The third-order valence-electron chi connectivity index (χ3n) is 2.34. The fourth-order valence-electron chi connectivity index (χ4n) is 1.51. The third kappa shape index (κ3) is 2.36. The number of rotatable bonds is 2. The summed E-state index contributed by atoms with van der Waals surface area (Å²) in [4.78, 5) is 0. The van der Waals surface area contributed by atoms with E-state index in [9.17, 15) is 0 Å². The van der Waals surface area contributed by atoms with Gasteiger partial charge in [-0.25, -0.2) is 0 Å². The second kappa shape index (κ2) is 4.30. The molecule has 0 saturated carbocycles. The standard InChI is InChI=1S/C12H18Se/c1-8(2)10-6-5-7-11(9(3)4)12(10)13/h5-9,13H,1-4H3. The van der Waals surface area contributed by atoms with Gasteiger partial charge in [0.15, 0.2) is 0 Å². The molecule has 13 heavy (non-hydrogen) atoms. The Balaban J connectivity index is 3.18. The molecule has 0 bridgehead atoms. The fourth-order valence-corrected chi connectivity index (χ4v) is 2.91. The van der Waals surface area contributed by atoms with Crippen molar-refractivity contribution in [3.8, 4) is 0 Å². The Morgan fingerprint density at radius 1 is 0.923 bits per heavy atom. The Bertz CT molecular complexity index is 261. The maximum absolute atomic E-state index is 2.72. The SMILES string of the molecule is CC(C)c1cccc(C(C)C)c1[SeH]. The summed E-state index contributed by atoms with van der Waals surface area (Å²) in [7, 11) is 0. The van der Waals surface area contributed by atoms with Crippen LogP contribution in [0.4, 0.5) is 0 Å². The van der Waals surface area contributed by atoms with Gasteiger partial charge in [0.25, 0.3) is 0 Å². The quantitative estimate of drug-likeness (QED) is 0.698. The van der Waals surface area contributed by atoms with Crippen molar-refractivity contribution in [3.63, 3.8) is 0 Å². The summed E-state index contributed by atoms with van der Waals surface area (Å²) in [5, 5.41) is 0. The Morgan fingerprint density at radius 2 is 1.31 bits per heavy atom. The molecule has 0 amide bonds. The van der Waals surface area contributed by atoms with Gasteiger partial charge in [-0.3, -0.25) is 0 Å². The molecule has 0 saturated heterocycles. The van der Waals surface area contributed by atoms with Crippen LogP contribution in [-0.4, -0.2) is 16.0 Å². The molecule has 0 unspecified atom stereocenters. The summed E-state index contributed by atoms with van der Waals surface area (Å²) in [5.74, 6) is 1.24. The van der Waals surface area contributed by atoms with Gasteiger partial charge in [-0.2, -0.15) is 0 Å². The van der Waals surface area contributed by atoms with E-state index in [0.717, 1.165) is 0 Å². The van der Waals surface area contributed by atoms with Crippen LogP contribution in [0.2, 0.25) is 0 Å². The molecular formula is C12H18Se. The van der Waals surface area contributed by atoms with Crippen molar-refractivity contribution in [2.45, 2.75) is 39.5 Å². The van der Waals surface area contributed by atoms with Crippen LogP contribution in [-0.2, 0) is 0 Å². The monoisotopic (exact) mass is 242 g/mol. The van der Waals surface area contributed by atoms with E-state index in [1.54, 1.807) is 0 Å². The minimum absolute atomic E-state index is 0.622. The second-order valence-corrected chi connectivity index (χ2v) is 5.03. The molecule has 0 aliphatic rings. The van der Waals surface area contributed by atoms with Gasteiger partial charge in [-0.05, 0) is 0 Å². The van der Waals surface area contributed by atoms with E-state index in [1.165, 1.54) is 15.6 Å². The van der Waals surface area contributed by atoms with Crippen LogP contribution in [0.5, 0.6) is 0 Å². The van der Waals surface area contributed by atoms with Gasteiger partial charge in [-0.1, -0.05) is 0 Å². The van der Waals surface area contributed by atoms with Crippen molar-refractivity contribution in [2.75, 3.05) is 0 Å². The van der Waals surface area contributed by atoms with Gasteiger partial charge in [0.1, 0.15) is 0 Å². The van der Waals surface area contributed by atoms with Crippen molar-refractivity contribution in [2.24, 2.45) is 0 Å². The molecular weight excluding hydrogens is 223 g/mol. The zero-order valence-electron chi connectivity index (χ0n) is 8.83. The van der Waals surface area contributed by atoms with Gasteiger partial charge in [0.2, 0.25) is 0 Å².